The molecule has 2 aromatic carbocycles. The van der Waals surface area contributed by atoms with Crippen molar-refractivity contribution in [3.8, 4) is 5.75 Å². The Bertz CT molecular complexity index is 776. The molecule has 0 aliphatic heterocycles. The lowest BCUT2D eigenvalue weighted by molar-refractivity contribution is -0.131. The molecular formula is C18H16F2N2O3. The number of amides is 2. The molecule has 0 heterocycles. The molecule has 0 bridgehead atoms. The second-order valence-electron chi connectivity index (χ2n) is 5.05. The minimum atomic E-state index is -0.915. The Kier molecular flexibility index (Phi) is 6.22. The van der Waals surface area contributed by atoms with E-state index in [1.807, 2.05) is 0 Å². The van der Waals surface area contributed by atoms with Gasteiger partial charge in [0.2, 0.25) is 0 Å². The maximum absolute atomic E-state index is 13.4. The summed E-state index contributed by atoms with van der Waals surface area (Å²) in [5.74, 6) is -1.80. The Morgan fingerprint density at radius 3 is 2.40 bits per heavy atom. The maximum Gasteiger partial charge on any atom is 0.279 e. The lowest BCUT2D eigenvalue weighted by atomic mass is 10.2. The predicted octanol–water partition coefficient (Wildman–Crippen LogP) is 2.59. The summed E-state index contributed by atoms with van der Waals surface area (Å²) in [5, 5.41) is 0. The Labute approximate surface area is 143 Å². The monoisotopic (exact) mass is 346 g/mol. The number of hydrogen-bond donors (Lipinski definition) is 2. The van der Waals surface area contributed by atoms with Crippen LogP contribution < -0.4 is 15.6 Å². The van der Waals surface area contributed by atoms with Gasteiger partial charge in [0.05, 0.1) is 0 Å². The first-order valence-corrected chi connectivity index (χ1v) is 7.40. The average Bonchev–Trinajstić information content (AvgIpc) is 2.60. The molecule has 7 heteroatoms. The Balaban J connectivity index is 1.81. The normalized spacial score (nSPS) is 11.8. The standard InChI is InChI=1S/C18H16F2N2O3/c1-12(25-15-9-7-14(19)8-10-15)18(24)22-21-17(23)11-6-13-4-2-3-5-16(13)20/h2-12H,1H3,(H,21,23)(H,22,24)/b11-6+/t12-/m0/s1. The summed E-state index contributed by atoms with van der Waals surface area (Å²) in [4.78, 5) is 23.5. The van der Waals surface area contributed by atoms with Crippen molar-refractivity contribution in [2.24, 2.45) is 0 Å². The van der Waals surface area contributed by atoms with Crippen LogP contribution in [0.5, 0.6) is 5.75 Å². The molecule has 2 N–H and O–H groups in total. The molecule has 2 amide bonds. The van der Waals surface area contributed by atoms with Crippen molar-refractivity contribution in [1.29, 1.82) is 0 Å². The molecule has 0 aromatic heterocycles. The molecular weight excluding hydrogens is 330 g/mol. The second kappa shape index (κ2) is 8.58. The Morgan fingerprint density at radius 1 is 1.04 bits per heavy atom. The molecule has 0 radical (unpaired) electrons. The van der Waals surface area contributed by atoms with Gasteiger partial charge < -0.3 is 4.74 Å². The number of carbonyl (C=O) groups excluding carboxylic acids is 2. The van der Waals surface area contributed by atoms with Crippen molar-refractivity contribution in [2.45, 2.75) is 13.0 Å². The van der Waals surface area contributed by atoms with E-state index in [9.17, 15) is 18.4 Å². The van der Waals surface area contributed by atoms with Crippen molar-refractivity contribution >= 4 is 17.9 Å². The van der Waals surface area contributed by atoms with E-state index in [0.29, 0.717) is 5.75 Å². The zero-order valence-electron chi connectivity index (χ0n) is 13.3. The second-order valence-corrected chi connectivity index (χ2v) is 5.05. The highest BCUT2D eigenvalue weighted by Gasteiger charge is 2.14. The summed E-state index contributed by atoms with van der Waals surface area (Å²) >= 11 is 0. The molecule has 5 nitrogen and oxygen atoms in total. The third kappa shape index (κ3) is 5.72. The predicted molar refractivity (Wildman–Crippen MR) is 88.2 cm³/mol. The SMILES string of the molecule is C[C@H](Oc1ccc(F)cc1)C(=O)NNC(=O)/C=C/c1ccccc1F. The van der Waals surface area contributed by atoms with E-state index in [2.05, 4.69) is 10.9 Å². The lowest BCUT2D eigenvalue weighted by Gasteiger charge is -2.14. The summed E-state index contributed by atoms with van der Waals surface area (Å²) in [6.07, 6.45) is 1.46. The van der Waals surface area contributed by atoms with Crippen molar-refractivity contribution in [2.75, 3.05) is 0 Å². The summed E-state index contributed by atoms with van der Waals surface area (Å²) in [7, 11) is 0. The number of rotatable bonds is 5. The quantitative estimate of drug-likeness (QED) is 0.646. The molecule has 0 saturated heterocycles. The lowest BCUT2D eigenvalue weighted by Crippen LogP contribution is -2.46. The summed E-state index contributed by atoms with van der Waals surface area (Å²) in [5.41, 5.74) is 4.59. The fourth-order valence-electron chi connectivity index (χ4n) is 1.81. The van der Waals surface area contributed by atoms with Crippen LogP contribution in [0.1, 0.15) is 12.5 Å². The number of nitrogens with one attached hydrogen (secondary N) is 2. The Hall–Kier alpha value is -3.22. The molecule has 0 aliphatic rings. The molecule has 25 heavy (non-hydrogen) atoms. The molecule has 1 atom stereocenters. The van der Waals surface area contributed by atoms with Crippen molar-refractivity contribution < 1.29 is 23.1 Å². The number of halogens is 2. The molecule has 0 unspecified atom stereocenters. The van der Waals surface area contributed by atoms with Crippen LogP contribution in [0.25, 0.3) is 6.08 Å². The first kappa shape index (κ1) is 18.1. The van der Waals surface area contributed by atoms with Gasteiger partial charge in [0.1, 0.15) is 17.4 Å². The van der Waals surface area contributed by atoms with Crippen molar-refractivity contribution in [3.63, 3.8) is 0 Å². The van der Waals surface area contributed by atoms with Gasteiger partial charge in [0.25, 0.3) is 11.8 Å². The van der Waals surface area contributed by atoms with Crippen LogP contribution in [0.15, 0.2) is 54.6 Å². The van der Waals surface area contributed by atoms with Gasteiger partial charge in [-0.1, -0.05) is 18.2 Å². The van der Waals surface area contributed by atoms with Crippen LogP contribution >= 0.6 is 0 Å². The van der Waals surface area contributed by atoms with E-state index in [0.717, 1.165) is 6.08 Å². The largest absolute Gasteiger partial charge is 0.481 e. The first-order chi connectivity index (χ1) is 12.0. The van der Waals surface area contributed by atoms with Crippen LogP contribution in [0.4, 0.5) is 8.78 Å². The van der Waals surface area contributed by atoms with Gasteiger partial charge in [-0.3, -0.25) is 20.4 Å². The molecule has 0 spiro atoms. The number of hydrogen-bond acceptors (Lipinski definition) is 3. The zero-order valence-corrected chi connectivity index (χ0v) is 13.3. The fraction of sp³-hybridized carbons (Fsp3) is 0.111. The Morgan fingerprint density at radius 2 is 1.72 bits per heavy atom. The molecule has 0 saturated carbocycles. The van der Waals surface area contributed by atoms with Crippen LogP contribution in [-0.4, -0.2) is 17.9 Å². The van der Waals surface area contributed by atoms with E-state index in [1.54, 1.807) is 6.07 Å². The van der Waals surface area contributed by atoms with E-state index in [4.69, 9.17) is 4.74 Å². The fourth-order valence-corrected chi connectivity index (χ4v) is 1.81. The molecule has 2 rings (SSSR count). The minimum Gasteiger partial charge on any atom is -0.481 e. The van der Waals surface area contributed by atoms with E-state index < -0.39 is 29.6 Å². The molecule has 0 fully saturated rings. The maximum atomic E-state index is 13.4. The van der Waals surface area contributed by atoms with Gasteiger partial charge in [-0.25, -0.2) is 8.78 Å². The molecule has 2 aromatic rings. The highest BCUT2D eigenvalue weighted by Crippen LogP contribution is 2.13. The van der Waals surface area contributed by atoms with Crippen LogP contribution in [0.2, 0.25) is 0 Å². The van der Waals surface area contributed by atoms with Gasteiger partial charge in [-0.2, -0.15) is 0 Å². The van der Waals surface area contributed by atoms with Gasteiger partial charge in [-0.15, -0.1) is 0 Å². The van der Waals surface area contributed by atoms with Gasteiger partial charge in [-0.05, 0) is 43.3 Å². The van der Waals surface area contributed by atoms with Crippen LogP contribution in [-0.2, 0) is 9.59 Å². The van der Waals surface area contributed by atoms with Crippen molar-refractivity contribution in [3.05, 3.63) is 71.8 Å². The molecule has 130 valence electrons. The number of benzene rings is 2. The third-order valence-electron chi connectivity index (χ3n) is 3.12. The summed E-state index contributed by atoms with van der Waals surface area (Å²) in [6.45, 7) is 1.47. The van der Waals surface area contributed by atoms with Gasteiger partial charge in [0.15, 0.2) is 6.10 Å². The van der Waals surface area contributed by atoms with E-state index in [1.165, 1.54) is 55.5 Å². The van der Waals surface area contributed by atoms with Gasteiger partial charge >= 0.3 is 0 Å². The highest BCUT2D eigenvalue weighted by atomic mass is 19.1. The topological polar surface area (TPSA) is 67.4 Å². The molecule has 0 aliphatic carbocycles. The smallest absolute Gasteiger partial charge is 0.279 e. The minimum absolute atomic E-state index is 0.247. The van der Waals surface area contributed by atoms with Gasteiger partial charge in [0, 0.05) is 11.6 Å². The number of hydrazine groups is 1. The average molecular weight is 346 g/mol. The van der Waals surface area contributed by atoms with E-state index >= 15 is 0 Å². The number of ether oxygens (including phenoxy) is 1. The van der Waals surface area contributed by atoms with Crippen LogP contribution in [0.3, 0.4) is 0 Å². The zero-order chi connectivity index (χ0) is 18.2. The number of carbonyl (C=O) groups is 2. The van der Waals surface area contributed by atoms with Crippen LogP contribution in [0, 0.1) is 11.6 Å². The van der Waals surface area contributed by atoms with E-state index in [-0.39, 0.29) is 5.56 Å². The van der Waals surface area contributed by atoms with Crippen molar-refractivity contribution in [1.82, 2.24) is 10.9 Å². The summed E-state index contributed by atoms with van der Waals surface area (Å²) < 4.78 is 31.5. The highest BCUT2D eigenvalue weighted by molar-refractivity contribution is 5.93. The summed E-state index contributed by atoms with van der Waals surface area (Å²) in [6, 6.07) is 11.1. The first-order valence-electron chi connectivity index (χ1n) is 7.40. The third-order valence-corrected chi connectivity index (χ3v) is 3.12.